The fourth-order valence-electron chi connectivity index (χ4n) is 3.12. The Morgan fingerprint density at radius 2 is 1.93 bits per heavy atom. The van der Waals surface area contributed by atoms with Gasteiger partial charge in [0.05, 0.1) is 30.2 Å². The van der Waals surface area contributed by atoms with Crippen molar-refractivity contribution in [3.05, 3.63) is 76.0 Å². The van der Waals surface area contributed by atoms with E-state index in [1.165, 1.54) is 32.4 Å². The molecule has 9 heteroatoms. The van der Waals surface area contributed by atoms with Crippen LogP contribution in [0.3, 0.4) is 0 Å². The van der Waals surface area contributed by atoms with Crippen LogP contribution in [0.5, 0.6) is 5.75 Å². The van der Waals surface area contributed by atoms with E-state index >= 15 is 0 Å². The molecule has 9 nitrogen and oxygen atoms in total. The minimum atomic E-state index is -1.09. The molecule has 0 spiro atoms. The number of hydrogen-bond acceptors (Lipinski definition) is 7. The van der Waals surface area contributed by atoms with Gasteiger partial charge in [0, 0.05) is 35.7 Å². The third-order valence-electron chi connectivity index (χ3n) is 4.57. The summed E-state index contributed by atoms with van der Waals surface area (Å²) in [6, 6.07) is 11.7. The van der Waals surface area contributed by atoms with Crippen LogP contribution < -0.4 is 10.1 Å². The van der Waals surface area contributed by atoms with E-state index in [1.807, 2.05) is 12.1 Å². The van der Waals surface area contributed by atoms with Gasteiger partial charge in [-0.15, -0.1) is 0 Å². The van der Waals surface area contributed by atoms with Gasteiger partial charge in [-0.05, 0) is 18.2 Å². The van der Waals surface area contributed by atoms with Crippen molar-refractivity contribution in [3.63, 3.8) is 0 Å². The molecule has 1 atom stereocenters. The number of rotatable bonds is 7. The highest BCUT2D eigenvalue weighted by Crippen LogP contribution is 2.25. The molecule has 1 aromatic heterocycles. The second-order valence-corrected chi connectivity index (χ2v) is 6.39. The van der Waals surface area contributed by atoms with Gasteiger partial charge in [-0.3, -0.25) is 19.9 Å². The largest absolute Gasteiger partial charge is 0.496 e. The quantitative estimate of drug-likeness (QED) is 0.362. The molecule has 3 rings (SSSR count). The average Bonchev–Trinajstić information content (AvgIpc) is 2.77. The fourth-order valence-corrected chi connectivity index (χ4v) is 3.12. The number of fused-ring (bicyclic) bond motifs is 1. The Balaban J connectivity index is 1.92. The predicted molar refractivity (Wildman–Crippen MR) is 108 cm³/mol. The SMILES string of the molecule is COC(=O)[C@H](Cc1cc([N+](=O)[O-])ccc1OC)NC(=O)c1cccc2cccnc12. The lowest BCUT2D eigenvalue weighted by atomic mass is 10.0. The topological polar surface area (TPSA) is 121 Å². The van der Waals surface area contributed by atoms with Crippen LogP contribution in [0.4, 0.5) is 5.69 Å². The molecule has 0 saturated heterocycles. The fraction of sp³-hybridized carbons (Fsp3) is 0.190. The Morgan fingerprint density at radius 1 is 1.17 bits per heavy atom. The summed E-state index contributed by atoms with van der Waals surface area (Å²) < 4.78 is 10.1. The number of esters is 1. The van der Waals surface area contributed by atoms with Crippen molar-refractivity contribution >= 4 is 28.5 Å². The van der Waals surface area contributed by atoms with Gasteiger partial charge < -0.3 is 14.8 Å². The van der Waals surface area contributed by atoms with Crippen molar-refractivity contribution in [3.8, 4) is 5.75 Å². The van der Waals surface area contributed by atoms with Gasteiger partial charge in [0.25, 0.3) is 11.6 Å². The zero-order chi connectivity index (χ0) is 21.7. The molecule has 1 heterocycles. The Bertz CT molecular complexity index is 1110. The molecule has 154 valence electrons. The summed E-state index contributed by atoms with van der Waals surface area (Å²) in [7, 11) is 2.61. The highest BCUT2D eigenvalue weighted by molar-refractivity contribution is 6.06. The maximum Gasteiger partial charge on any atom is 0.328 e. The number of carbonyl (C=O) groups excluding carboxylic acids is 2. The number of nitrogens with one attached hydrogen (secondary N) is 1. The van der Waals surface area contributed by atoms with Crippen LogP contribution in [0.25, 0.3) is 10.9 Å². The highest BCUT2D eigenvalue weighted by atomic mass is 16.6. The number of benzene rings is 2. The summed E-state index contributed by atoms with van der Waals surface area (Å²) in [6.07, 6.45) is 1.52. The van der Waals surface area contributed by atoms with E-state index in [4.69, 9.17) is 9.47 Å². The molecule has 3 aromatic rings. The van der Waals surface area contributed by atoms with Crippen molar-refractivity contribution in [2.45, 2.75) is 12.5 Å². The van der Waals surface area contributed by atoms with Gasteiger partial charge in [0.1, 0.15) is 11.8 Å². The number of pyridine rings is 1. The number of methoxy groups -OCH3 is 2. The Kier molecular flexibility index (Phi) is 6.21. The first-order valence-corrected chi connectivity index (χ1v) is 8.98. The van der Waals surface area contributed by atoms with Crippen LogP contribution in [-0.4, -0.2) is 42.0 Å². The standard InChI is InChI=1S/C21H19N3O6/c1-29-18-9-8-15(24(27)28)11-14(18)12-17(21(26)30-2)23-20(25)16-7-3-5-13-6-4-10-22-19(13)16/h3-11,17H,12H2,1-2H3,(H,23,25)/t17-/m0/s1. The number of nitro benzene ring substituents is 1. The van der Waals surface area contributed by atoms with Crippen LogP contribution >= 0.6 is 0 Å². The van der Waals surface area contributed by atoms with E-state index in [2.05, 4.69) is 10.3 Å². The maximum atomic E-state index is 12.9. The summed E-state index contributed by atoms with van der Waals surface area (Å²) >= 11 is 0. The third kappa shape index (κ3) is 4.35. The van der Waals surface area contributed by atoms with Gasteiger partial charge in [-0.1, -0.05) is 18.2 Å². The van der Waals surface area contributed by atoms with Gasteiger partial charge >= 0.3 is 5.97 Å². The van der Waals surface area contributed by atoms with E-state index < -0.39 is 22.8 Å². The van der Waals surface area contributed by atoms with Crippen molar-refractivity contribution in [2.24, 2.45) is 0 Å². The zero-order valence-electron chi connectivity index (χ0n) is 16.3. The third-order valence-corrected chi connectivity index (χ3v) is 4.57. The number of non-ortho nitro benzene ring substituents is 1. The smallest absolute Gasteiger partial charge is 0.328 e. The van der Waals surface area contributed by atoms with Crippen LogP contribution in [0.1, 0.15) is 15.9 Å². The van der Waals surface area contributed by atoms with Crippen molar-refractivity contribution in [1.82, 2.24) is 10.3 Å². The first-order chi connectivity index (χ1) is 14.4. The summed E-state index contributed by atoms with van der Waals surface area (Å²) in [5, 5.41) is 14.5. The molecule has 0 unspecified atom stereocenters. The zero-order valence-corrected chi connectivity index (χ0v) is 16.3. The van der Waals surface area contributed by atoms with E-state index in [9.17, 15) is 19.7 Å². The van der Waals surface area contributed by atoms with Crippen LogP contribution in [0.2, 0.25) is 0 Å². The van der Waals surface area contributed by atoms with Crippen LogP contribution in [0, 0.1) is 10.1 Å². The molecule has 0 radical (unpaired) electrons. The van der Waals surface area contributed by atoms with Crippen molar-refractivity contribution < 1.29 is 24.0 Å². The number of aromatic nitrogens is 1. The minimum Gasteiger partial charge on any atom is -0.496 e. The summed E-state index contributed by atoms with van der Waals surface area (Å²) in [6.45, 7) is 0. The van der Waals surface area contributed by atoms with E-state index in [-0.39, 0.29) is 12.1 Å². The predicted octanol–water partition coefficient (Wildman–Crippen LogP) is 2.67. The molecule has 0 aliphatic carbocycles. The molecule has 0 aliphatic rings. The van der Waals surface area contributed by atoms with Crippen LogP contribution in [0.15, 0.2) is 54.7 Å². The second kappa shape index (κ2) is 8.99. The van der Waals surface area contributed by atoms with Gasteiger partial charge in [-0.2, -0.15) is 0 Å². The molecule has 30 heavy (non-hydrogen) atoms. The lowest BCUT2D eigenvalue weighted by Gasteiger charge is -2.18. The summed E-state index contributed by atoms with van der Waals surface area (Å²) in [4.78, 5) is 40.1. The maximum absolute atomic E-state index is 12.9. The molecular weight excluding hydrogens is 390 g/mol. The number of hydrogen-bond donors (Lipinski definition) is 1. The molecule has 0 aliphatic heterocycles. The lowest BCUT2D eigenvalue weighted by Crippen LogP contribution is -2.43. The van der Waals surface area contributed by atoms with Gasteiger partial charge in [0.15, 0.2) is 0 Å². The summed E-state index contributed by atoms with van der Waals surface area (Å²) in [5.41, 5.74) is 1.03. The number of amides is 1. The first kappa shape index (κ1) is 20.7. The van der Waals surface area contributed by atoms with Gasteiger partial charge in [0.2, 0.25) is 0 Å². The number of para-hydroxylation sites is 1. The summed E-state index contributed by atoms with van der Waals surface area (Å²) in [5.74, 6) is -0.847. The molecule has 0 bridgehead atoms. The molecule has 1 N–H and O–H groups in total. The Labute approximate surface area is 171 Å². The molecule has 0 saturated carbocycles. The monoisotopic (exact) mass is 409 g/mol. The minimum absolute atomic E-state index is 0.0541. The number of nitro groups is 1. The Hall–Kier alpha value is -4.01. The van der Waals surface area contributed by atoms with E-state index in [0.29, 0.717) is 22.4 Å². The van der Waals surface area contributed by atoms with Gasteiger partial charge in [-0.25, -0.2) is 4.79 Å². The second-order valence-electron chi connectivity index (χ2n) is 6.39. The molecular formula is C21H19N3O6. The van der Waals surface area contributed by atoms with Crippen molar-refractivity contribution in [2.75, 3.05) is 14.2 Å². The highest BCUT2D eigenvalue weighted by Gasteiger charge is 2.26. The van der Waals surface area contributed by atoms with Crippen LogP contribution in [-0.2, 0) is 16.0 Å². The number of nitrogens with zero attached hydrogens (tertiary/aromatic N) is 2. The van der Waals surface area contributed by atoms with E-state index in [0.717, 1.165) is 5.39 Å². The number of carbonyl (C=O) groups is 2. The average molecular weight is 409 g/mol. The molecule has 1 amide bonds. The lowest BCUT2D eigenvalue weighted by molar-refractivity contribution is -0.384. The molecule has 2 aromatic carbocycles. The first-order valence-electron chi connectivity index (χ1n) is 8.98. The van der Waals surface area contributed by atoms with Crippen molar-refractivity contribution in [1.29, 1.82) is 0 Å². The number of ether oxygens (including phenoxy) is 2. The van der Waals surface area contributed by atoms with E-state index in [1.54, 1.807) is 24.4 Å². The molecule has 0 fully saturated rings. The Morgan fingerprint density at radius 3 is 2.63 bits per heavy atom. The normalized spacial score (nSPS) is 11.5.